The predicted octanol–water partition coefficient (Wildman–Crippen LogP) is 2.36. The lowest BCUT2D eigenvalue weighted by Crippen LogP contribution is -2.23. The molecule has 0 aliphatic rings. The minimum atomic E-state index is -0.0237. The van der Waals surface area contributed by atoms with Crippen LogP contribution in [0, 0.1) is 11.8 Å². The van der Waals surface area contributed by atoms with Crippen molar-refractivity contribution in [2.75, 3.05) is 25.2 Å². The van der Waals surface area contributed by atoms with Crippen LogP contribution in [0.4, 0.5) is 0 Å². The van der Waals surface area contributed by atoms with Crippen LogP contribution in [0.5, 0.6) is 0 Å². The van der Waals surface area contributed by atoms with E-state index in [9.17, 15) is 4.79 Å². The Morgan fingerprint density at radius 1 is 1.47 bits per heavy atom. The molecular formula is C14H19NO2S2. The molecule has 1 aromatic rings. The van der Waals surface area contributed by atoms with Gasteiger partial charge >= 0.3 is 0 Å². The SMILES string of the molecule is CSCCCCNC(=O)c1ccc(C#CCCO)s1. The second-order valence-corrected chi connectivity index (χ2v) is 5.96. The van der Waals surface area contributed by atoms with Gasteiger partial charge in [-0.05, 0) is 37.0 Å². The van der Waals surface area contributed by atoms with Crippen molar-refractivity contribution in [3.8, 4) is 11.8 Å². The largest absolute Gasteiger partial charge is 0.395 e. The topological polar surface area (TPSA) is 49.3 Å². The van der Waals surface area contributed by atoms with E-state index in [0.717, 1.165) is 30.0 Å². The highest BCUT2D eigenvalue weighted by Crippen LogP contribution is 2.15. The Morgan fingerprint density at radius 2 is 2.32 bits per heavy atom. The summed E-state index contributed by atoms with van der Waals surface area (Å²) in [5.41, 5.74) is 0. The minimum Gasteiger partial charge on any atom is -0.395 e. The first-order valence-electron chi connectivity index (χ1n) is 6.24. The third-order valence-electron chi connectivity index (χ3n) is 2.34. The number of hydrogen-bond acceptors (Lipinski definition) is 4. The maximum Gasteiger partial charge on any atom is 0.261 e. The van der Waals surface area contributed by atoms with Gasteiger partial charge in [-0.15, -0.1) is 11.3 Å². The number of thiophene rings is 1. The average Bonchev–Trinajstić information content (AvgIpc) is 2.87. The summed E-state index contributed by atoms with van der Waals surface area (Å²) in [6.07, 6.45) is 4.70. The van der Waals surface area contributed by atoms with Crippen molar-refractivity contribution in [1.82, 2.24) is 5.32 Å². The molecule has 2 N–H and O–H groups in total. The molecule has 3 nitrogen and oxygen atoms in total. The van der Waals surface area contributed by atoms with Crippen LogP contribution in [0.1, 0.15) is 33.8 Å². The first-order chi connectivity index (χ1) is 9.27. The summed E-state index contributed by atoms with van der Waals surface area (Å²) in [6, 6.07) is 3.64. The van der Waals surface area contributed by atoms with Crippen molar-refractivity contribution in [3.05, 3.63) is 21.9 Å². The summed E-state index contributed by atoms with van der Waals surface area (Å²) in [7, 11) is 0. The number of rotatable bonds is 7. The number of aliphatic hydroxyl groups is 1. The third kappa shape index (κ3) is 6.67. The summed E-state index contributed by atoms with van der Waals surface area (Å²) < 4.78 is 0. The van der Waals surface area contributed by atoms with Crippen LogP contribution in [0.25, 0.3) is 0 Å². The van der Waals surface area contributed by atoms with Gasteiger partial charge in [0.15, 0.2) is 0 Å². The van der Waals surface area contributed by atoms with E-state index in [1.54, 1.807) is 6.07 Å². The second-order valence-electron chi connectivity index (χ2n) is 3.90. The van der Waals surface area contributed by atoms with Crippen LogP contribution in [0.2, 0.25) is 0 Å². The molecule has 0 saturated carbocycles. The maximum absolute atomic E-state index is 11.8. The summed E-state index contributed by atoms with van der Waals surface area (Å²) >= 11 is 3.21. The lowest BCUT2D eigenvalue weighted by molar-refractivity contribution is 0.0957. The number of nitrogens with one attached hydrogen (secondary N) is 1. The Kier molecular flexibility index (Phi) is 8.39. The molecule has 0 spiro atoms. The Hall–Kier alpha value is -0.960. The van der Waals surface area contributed by atoms with Gasteiger partial charge in [0, 0.05) is 13.0 Å². The van der Waals surface area contributed by atoms with E-state index in [1.807, 2.05) is 17.8 Å². The molecule has 19 heavy (non-hydrogen) atoms. The van der Waals surface area contributed by atoms with Crippen molar-refractivity contribution >= 4 is 29.0 Å². The van der Waals surface area contributed by atoms with Gasteiger partial charge in [-0.3, -0.25) is 4.79 Å². The Balaban J connectivity index is 2.35. The molecule has 104 valence electrons. The lowest BCUT2D eigenvalue weighted by Gasteiger charge is -2.02. The van der Waals surface area contributed by atoms with E-state index in [0.29, 0.717) is 11.3 Å². The van der Waals surface area contributed by atoms with Gasteiger partial charge in [-0.1, -0.05) is 11.8 Å². The molecule has 0 atom stereocenters. The molecule has 1 aromatic heterocycles. The molecular weight excluding hydrogens is 278 g/mol. The highest BCUT2D eigenvalue weighted by atomic mass is 32.2. The number of amides is 1. The lowest BCUT2D eigenvalue weighted by atomic mass is 10.3. The normalized spacial score (nSPS) is 9.79. The van der Waals surface area contributed by atoms with Crippen LogP contribution < -0.4 is 5.32 Å². The van der Waals surface area contributed by atoms with Crippen molar-refractivity contribution in [1.29, 1.82) is 0 Å². The zero-order valence-corrected chi connectivity index (χ0v) is 12.7. The van der Waals surface area contributed by atoms with Crippen molar-refractivity contribution in [2.45, 2.75) is 19.3 Å². The Labute approximate surface area is 122 Å². The zero-order valence-electron chi connectivity index (χ0n) is 11.1. The molecule has 0 radical (unpaired) electrons. The number of hydrogen-bond donors (Lipinski definition) is 2. The molecule has 1 rings (SSSR count). The number of carbonyl (C=O) groups excluding carboxylic acids is 1. The van der Waals surface area contributed by atoms with Crippen LogP contribution in [-0.4, -0.2) is 36.2 Å². The van der Waals surface area contributed by atoms with E-state index in [-0.39, 0.29) is 12.5 Å². The molecule has 0 aliphatic carbocycles. The average molecular weight is 297 g/mol. The van der Waals surface area contributed by atoms with E-state index in [2.05, 4.69) is 23.4 Å². The van der Waals surface area contributed by atoms with Gasteiger partial charge in [0.05, 0.1) is 16.4 Å². The summed E-state index contributed by atoms with van der Waals surface area (Å²) in [5.74, 6) is 6.89. The zero-order chi connectivity index (χ0) is 13.9. The van der Waals surface area contributed by atoms with Crippen LogP contribution >= 0.6 is 23.1 Å². The Bertz CT molecular complexity index is 446. The van der Waals surface area contributed by atoms with Crippen LogP contribution in [0.15, 0.2) is 12.1 Å². The molecule has 0 aromatic carbocycles. The fourth-order valence-corrected chi connectivity index (χ4v) is 2.68. The van der Waals surface area contributed by atoms with Gasteiger partial charge in [0.2, 0.25) is 0 Å². The minimum absolute atomic E-state index is 0.0237. The summed E-state index contributed by atoms with van der Waals surface area (Å²) in [4.78, 5) is 13.4. The van der Waals surface area contributed by atoms with Crippen molar-refractivity contribution in [3.63, 3.8) is 0 Å². The first-order valence-corrected chi connectivity index (χ1v) is 8.45. The monoisotopic (exact) mass is 297 g/mol. The molecule has 0 saturated heterocycles. The fraction of sp³-hybridized carbons (Fsp3) is 0.500. The van der Waals surface area contributed by atoms with Gasteiger partial charge in [0.25, 0.3) is 5.91 Å². The molecule has 1 amide bonds. The van der Waals surface area contributed by atoms with E-state index < -0.39 is 0 Å². The number of unbranched alkanes of at least 4 members (excludes halogenated alkanes) is 1. The molecule has 0 aliphatic heterocycles. The summed E-state index contributed by atoms with van der Waals surface area (Å²) in [6.45, 7) is 0.796. The van der Waals surface area contributed by atoms with Crippen molar-refractivity contribution < 1.29 is 9.90 Å². The van der Waals surface area contributed by atoms with E-state index >= 15 is 0 Å². The standard InChI is InChI=1S/C14H19NO2S2/c1-18-11-5-3-9-15-14(17)13-8-7-12(19-13)6-2-4-10-16/h7-8,16H,3-5,9-11H2,1H3,(H,15,17). The van der Waals surface area contributed by atoms with Crippen LogP contribution in [-0.2, 0) is 0 Å². The maximum atomic E-state index is 11.8. The molecule has 0 unspecified atom stereocenters. The highest BCUT2D eigenvalue weighted by Gasteiger charge is 2.07. The van der Waals surface area contributed by atoms with E-state index in [1.165, 1.54) is 11.3 Å². The molecule has 0 fully saturated rings. The molecule has 5 heteroatoms. The predicted molar refractivity (Wildman–Crippen MR) is 82.8 cm³/mol. The number of thioether (sulfide) groups is 1. The van der Waals surface area contributed by atoms with Crippen molar-refractivity contribution in [2.24, 2.45) is 0 Å². The molecule has 1 heterocycles. The van der Waals surface area contributed by atoms with E-state index in [4.69, 9.17) is 5.11 Å². The quantitative estimate of drug-likeness (QED) is 0.600. The van der Waals surface area contributed by atoms with Gasteiger partial charge in [-0.2, -0.15) is 11.8 Å². The van der Waals surface area contributed by atoms with Crippen LogP contribution in [0.3, 0.4) is 0 Å². The number of aliphatic hydroxyl groups excluding tert-OH is 1. The van der Waals surface area contributed by atoms with Gasteiger partial charge < -0.3 is 10.4 Å². The fourth-order valence-electron chi connectivity index (χ4n) is 1.39. The first kappa shape index (κ1) is 16.1. The number of carbonyl (C=O) groups is 1. The second kappa shape index (κ2) is 9.90. The highest BCUT2D eigenvalue weighted by molar-refractivity contribution is 7.98. The molecule has 0 bridgehead atoms. The van der Waals surface area contributed by atoms with Gasteiger partial charge in [0.1, 0.15) is 0 Å². The van der Waals surface area contributed by atoms with Gasteiger partial charge in [-0.25, -0.2) is 0 Å². The summed E-state index contributed by atoms with van der Waals surface area (Å²) in [5, 5.41) is 11.5. The Morgan fingerprint density at radius 3 is 3.05 bits per heavy atom. The smallest absolute Gasteiger partial charge is 0.261 e. The third-order valence-corrected chi connectivity index (χ3v) is 4.04.